The number of benzene rings is 1. The van der Waals surface area contributed by atoms with E-state index in [2.05, 4.69) is 24.3 Å². The van der Waals surface area contributed by atoms with E-state index in [4.69, 9.17) is 13.3 Å². The van der Waals surface area contributed by atoms with Gasteiger partial charge in [-0.25, -0.2) is 0 Å². The fourth-order valence-electron chi connectivity index (χ4n) is 1.24. The molecular formula is C10H16O3Si. The van der Waals surface area contributed by atoms with Gasteiger partial charge < -0.3 is 13.3 Å². The molecule has 0 aliphatic heterocycles. The first-order chi connectivity index (χ1) is 6.80. The second-order valence-corrected chi connectivity index (χ2v) is 4.98. The minimum absolute atomic E-state index is 1.22. The first-order valence-corrected chi connectivity index (χ1v) is 5.87. The predicted molar refractivity (Wildman–Crippen MR) is 57.4 cm³/mol. The molecule has 0 atom stereocenters. The summed E-state index contributed by atoms with van der Waals surface area (Å²) >= 11 is 0. The monoisotopic (exact) mass is 212 g/mol. The van der Waals surface area contributed by atoms with Crippen molar-refractivity contribution in [2.45, 2.75) is 6.42 Å². The Balaban J connectivity index is 0.000000140. The van der Waals surface area contributed by atoms with Crippen molar-refractivity contribution >= 4 is 9.53 Å². The van der Waals surface area contributed by atoms with Crippen molar-refractivity contribution in [1.82, 2.24) is 0 Å². The van der Waals surface area contributed by atoms with Gasteiger partial charge in [-0.15, -0.1) is 0 Å². The summed E-state index contributed by atoms with van der Waals surface area (Å²) in [6, 6.07) is 8.65. The van der Waals surface area contributed by atoms with Crippen LogP contribution in [0.2, 0.25) is 0 Å². The van der Waals surface area contributed by atoms with Gasteiger partial charge in [0, 0.05) is 21.3 Å². The van der Waals surface area contributed by atoms with Crippen molar-refractivity contribution in [1.29, 1.82) is 0 Å². The fourth-order valence-corrected chi connectivity index (χ4v) is 1.82. The van der Waals surface area contributed by atoms with Crippen molar-refractivity contribution in [3.8, 4) is 0 Å². The predicted octanol–water partition coefficient (Wildman–Crippen LogP) is 1.23. The van der Waals surface area contributed by atoms with Crippen molar-refractivity contribution in [2.24, 2.45) is 0 Å². The van der Waals surface area contributed by atoms with Gasteiger partial charge in [0.1, 0.15) is 0 Å². The molecule has 4 heteroatoms. The average Bonchev–Trinajstić information content (AvgIpc) is 2.22. The molecule has 0 aromatic heterocycles. The Kier molecular flexibility index (Phi) is 4.82. The second-order valence-electron chi connectivity index (χ2n) is 2.99. The Bertz CT molecular complexity index is 244. The van der Waals surface area contributed by atoms with E-state index >= 15 is 0 Å². The van der Waals surface area contributed by atoms with Crippen LogP contribution in [-0.2, 0) is 19.7 Å². The molecule has 0 heterocycles. The average molecular weight is 212 g/mol. The van der Waals surface area contributed by atoms with Crippen LogP contribution in [0.1, 0.15) is 11.1 Å². The molecule has 0 radical (unpaired) electrons. The first-order valence-electron chi connectivity index (χ1n) is 4.46. The molecule has 0 N–H and O–H groups in total. The van der Waals surface area contributed by atoms with E-state index in [0.717, 1.165) is 0 Å². The topological polar surface area (TPSA) is 27.7 Å². The lowest BCUT2D eigenvalue weighted by atomic mass is 9.94. The smallest absolute Gasteiger partial charge is 0.379 e. The summed E-state index contributed by atoms with van der Waals surface area (Å²) in [5.74, 6) is 0. The Morgan fingerprint density at radius 1 is 1.00 bits per heavy atom. The molecule has 0 saturated heterocycles. The Morgan fingerprint density at radius 2 is 1.43 bits per heavy atom. The summed E-state index contributed by atoms with van der Waals surface area (Å²) in [4.78, 5) is 0. The highest BCUT2D eigenvalue weighted by Gasteiger charge is 2.05. The molecule has 3 nitrogen and oxygen atoms in total. The molecule has 14 heavy (non-hydrogen) atoms. The van der Waals surface area contributed by atoms with Gasteiger partial charge in [-0.1, -0.05) is 24.3 Å². The lowest BCUT2D eigenvalue weighted by molar-refractivity contribution is 0.163. The van der Waals surface area contributed by atoms with Crippen LogP contribution in [-0.4, -0.2) is 30.9 Å². The van der Waals surface area contributed by atoms with Crippen LogP contribution < -0.4 is 0 Å². The van der Waals surface area contributed by atoms with E-state index in [-0.39, 0.29) is 0 Å². The van der Waals surface area contributed by atoms with E-state index in [1.54, 1.807) is 21.3 Å². The van der Waals surface area contributed by atoms with E-state index in [1.807, 2.05) is 0 Å². The second kappa shape index (κ2) is 5.92. The van der Waals surface area contributed by atoms with E-state index in [9.17, 15) is 0 Å². The molecule has 0 amide bonds. The van der Waals surface area contributed by atoms with Crippen LogP contribution in [0.25, 0.3) is 0 Å². The third kappa shape index (κ3) is 3.23. The van der Waals surface area contributed by atoms with Gasteiger partial charge in [0.25, 0.3) is 0 Å². The SMILES string of the molecule is CO[SiH](OC)OC.c1cc2cc(c1)C2. The van der Waals surface area contributed by atoms with E-state index in [0.29, 0.717) is 0 Å². The zero-order valence-electron chi connectivity index (χ0n) is 8.82. The molecule has 0 spiro atoms. The van der Waals surface area contributed by atoms with Crippen molar-refractivity contribution in [3.05, 3.63) is 35.4 Å². The molecule has 0 saturated carbocycles. The normalized spacial score (nSPS) is 11.7. The molecule has 0 unspecified atom stereocenters. The van der Waals surface area contributed by atoms with Crippen molar-refractivity contribution in [3.63, 3.8) is 0 Å². The number of rotatable bonds is 3. The summed E-state index contributed by atoms with van der Waals surface area (Å²) in [5, 5.41) is 0. The first kappa shape index (κ1) is 11.4. The Labute approximate surface area is 86.6 Å². The molecule has 1 aromatic rings. The summed E-state index contributed by atoms with van der Waals surface area (Å²) in [6.45, 7) is 0. The van der Waals surface area contributed by atoms with Gasteiger partial charge in [0.05, 0.1) is 0 Å². The van der Waals surface area contributed by atoms with Gasteiger partial charge in [0.15, 0.2) is 0 Å². The summed E-state index contributed by atoms with van der Waals surface area (Å²) in [5.41, 5.74) is 2.97. The van der Waals surface area contributed by atoms with Crippen LogP contribution >= 0.6 is 0 Å². The van der Waals surface area contributed by atoms with E-state index in [1.165, 1.54) is 17.5 Å². The minimum atomic E-state index is -1.67. The van der Waals surface area contributed by atoms with Crippen LogP contribution in [0.4, 0.5) is 0 Å². The highest BCUT2D eigenvalue weighted by atomic mass is 28.3. The lowest BCUT2D eigenvalue weighted by Crippen LogP contribution is -2.21. The minimum Gasteiger partial charge on any atom is -0.379 e. The molecule has 3 rings (SSSR count). The fraction of sp³-hybridized carbons (Fsp3) is 0.400. The van der Waals surface area contributed by atoms with Crippen LogP contribution in [0.5, 0.6) is 0 Å². The molecule has 78 valence electrons. The van der Waals surface area contributed by atoms with Gasteiger partial charge >= 0.3 is 9.53 Å². The highest BCUT2D eigenvalue weighted by Crippen LogP contribution is 2.18. The summed E-state index contributed by atoms with van der Waals surface area (Å²) in [7, 11) is 3.05. The number of hydrogen-bond acceptors (Lipinski definition) is 3. The maximum absolute atomic E-state index is 4.74. The summed E-state index contributed by atoms with van der Waals surface area (Å²) < 4.78 is 14.2. The lowest BCUT2D eigenvalue weighted by Gasteiger charge is -2.11. The molecule has 2 aliphatic carbocycles. The third-order valence-electron chi connectivity index (χ3n) is 1.98. The number of fused-ring (bicyclic) bond motifs is 2. The van der Waals surface area contributed by atoms with Crippen LogP contribution in [0, 0.1) is 0 Å². The molecular weight excluding hydrogens is 196 g/mol. The van der Waals surface area contributed by atoms with E-state index < -0.39 is 9.53 Å². The van der Waals surface area contributed by atoms with Gasteiger partial charge in [-0.05, 0) is 17.5 Å². The maximum atomic E-state index is 4.74. The molecule has 2 aliphatic rings. The molecule has 2 bridgehead atoms. The van der Waals surface area contributed by atoms with Crippen molar-refractivity contribution < 1.29 is 13.3 Å². The zero-order valence-corrected chi connectivity index (χ0v) is 9.97. The highest BCUT2D eigenvalue weighted by molar-refractivity contribution is 6.36. The van der Waals surface area contributed by atoms with Crippen molar-refractivity contribution in [2.75, 3.05) is 21.3 Å². The largest absolute Gasteiger partial charge is 0.483 e. The Hall–Kier alpha value is -0.683. The molecule has 1 aromatic carbocycles. The Morgan fingerprint density at radius 3 is 1.50 bits per heavy atom. The quantitative estimate of drug-likeness (QED) is 0.716. The molecule has 0 fully saturated rings. The summed E-state index contributed by atoms with van der Waals surface area (Å²) in [6.07, 6.45) is 1.22. The van der Waals surface area contributed by atoms with Gasteiger partial charge in [-0.3, -0.25) is 0 Å². The van der Waals surface area contributed by atoms with Gasteiger partial charge in [0.2, 0.25) is 0 Å². The van der Waals surface area contributed by atoms with Gasteiger partial charge in [-0.2, -0.15) is 0 Å². The maximum Gasteiger partial charge on any atom is 0.483 e. The number of hydrogen-bond donors (Lipinski definition) is 0. The third-order valence-corrected chi connectivity index (χ3v) is 3.13. The standard InChI is InChI=1S/C7H6.C3H10O3Si/c1-2-6-4-7(3-1)5-6;1-4-7(5-2)6-3/h1-4H,5H2;7H,1-3H3. The van der Waals surface area contributed by atoms with Crippen LogP contribution in [0.15, 0.2) is 24.3 Å². The zero-order chi connectivity index (χ0) is 10.4. The van der Waals surface area contributed by atoms with Crippen LogP contribution in [0.3, 0.4) is 0 Å².